The molecule has 0 bridgehead atoms. The fraction of sp³-hybridized carbons (Fsp3) is 0.552. The Balaban J connectivity index is 0. The van der Waals surface area contributed by atoms with Crippen LogP contribution in [0.1, 0.15) is 75.1 Å². The number of nitrogens with one attached hydrogen (secondary N) is 4. The van der Waals surface area contributed by atoms with E-state index >= 15 is 0 Å². The van der Waals surface area contributed by atoms with Gasteiger partial charge in [-0.25, -0.2) is 0 Å². The molecule has 40 heavy (non-hydrogen) atoms. The fourth-order valence-corrected chi connectivity index (χ4v) is 4.00. The van der Waals surface area contributed by atoms with Gasteiger partial charge in [0.15, 0.2) is 12.4 Å². The number of piperidine rings is 1. The van der Waals surface area contributed by atoms with Crippen molar-refractivity contribution in [1.82, 2.24) is 20.9 Å². The van der Waals surface area contributed by atoms with E-state index in [2.05, 4.69) is 34.8 Å². The first-order chi connectivity index (χ1) is 18.9. The van der Waals surface area contributed by atoms with Crippen LogP contribution in [-0.2, 0) is 23.9 Å². The van der Waals surface area contributed by atoms with Crippen molar-refractivity contribution in [3.63, 3.8) is 0 Å². The summed E-state index contributed by atoms with van der Waals surface area (Å²) in [4.78, 5) is 65.5. The topological polar surface area (TPSA) is 156 Å². The summed E-state index contributed by atoms with van der Waals surface area (Å²) < 4.78 is 10.4. The highest BCUT2D eigenvalue weighted by molar-refractivity contribution is 6.01. The van der Waals surface area contributed by atoms with Gasteiger partial charge in [0.1, 0.15) is 11.4 Å². The van der Waals surface area contributed by atoms with Crippen LogP contribution in [0.5, 0.6) is 5.75 Å². The molecule has 4 N–H and O–H groups in total. The highest BCUT2D eigenvalue weighted by Crippen LogP contribution is 2.26. The Bertz CT molecular complexity index is 1210. The maximum atomic E-state index is 12.9. The smallest absolute Gasteiger partial charge is 0.311 e. The third-order valence-electron chi connectivity index (χ3n) is 6.10. The highest BCUT2D eigenvalue weighted by Gasteiger charge is 2.31. The van der Waals surface area contributed by atoms with Gasteiger partial charge in [0, 0.05) is 27.6 Å². The molecule has 0 spiro atoms. The highest BCUT2D eigenvalue weighted by atomic mass is 16.5. The summed E-state index contributed by atoms with van der Waals surface area (Å²) in [5.41, 5.74) is 0.155. The summed E-state index contributed by atoms with van der Waals surface area (Å²) in [7, 11) is 1.53. The number of carbonyl (C=O) groups is 5. The normalized spacial score (nSPS) is 15.7. The molecule has 3 amide bonds. The number of hydrogen-bond acceptors (Lipinski definition) is 7. The molecule has 1 aliphatic heterocycles. The molecule has 11 heteroatoms. The number of fused-ring (bicyclic) bond motifs is 1. The van der Waals surface area contributed by atoms with Crippen LogP contribution in [0.3, 0.4) is 0 Å². The van der Waals surface area contributed by atoms with Crippen molar-refractivity contribution in [3.8, 4) is 5.75 Å². The lowest BCUT2D eigenvalue weighted by Gasteiger charge is -2.26. The van der Waals surface area contributed by atoms with Crippen LogP contribution < -0.4 is 20.7 Å². The first-order valence-corrected chi connectivity index (χ1v) is 13.6. The van der Waals surface area contributed by atoms with E-state index in [0.717, 1.165) is 11.8 Å². The number of ketones is 1. The minimum absolute atomic E-state index is 0. The van der Waals surface area contributed by atoms with E-state index in [-0.39, 0.29) is 22.3 Å². The second kappa shape index (κ2) is 15.0. The number of benzene rings is 1. The van der Waals surface area contributed by atoms with E-state index in [4.69, 9.17) is 9.47 Å². The molecular formula is C29H48N4O7. The van der Waals surface area contributed by atoms with Crippen molar-refractivity contribution in [2.75, 3.05) is 26.8 Å². The van der Waals surface area contributed by atoms with Crippen molar-refractivity contribution in [1.29, 1.82) is 0 Å². The SMILES string of the molecule is CCC.COc1cccc2[nH]c(C(=O)NCC(=O)N[C@@H](C[C@@H]3CCCNC3=O)C(=O)COC(=O)C(C)(C)C)cc12.[HH].[HH].[HH]. The first-order valence-electron chi connectivity index (χ1n) is 13.6. The predicted molar refractivity (Wildman–Crippen MR) is 157 cm³/mol. The van der Waals surface area contributed by atoms with E-state index in [1.165, 1.54) is 13.5 Å². The number of aromatic amines is 1. The number of aromatic nitrogens is 1. The summed E-state index contributed by atoms with van der Waals surface area (Å²) in [6.07, 6.45) is 2.66. The van der Waals surface area contributed by atoms with Gasteiger partial charge in [-0.2, -0.15) is 0 Å². The summed E-state index contributed by atoms with van der Waals surface area (Å²) in [6, 6.07) is 5.93. The van der Waals surface area contributed by atoms with Crippen LogP contribution in [0.2, 0.25) is 0 Å². The number of ether oxygens (including phenoxy) is 2. The average Bonchev–Trinajstić information content (AvgIpc) is 3.35. The van der Waals surface area contributed by atoms with Crippen molar-refractivity contribution in [3.05, 3.63) is 30.0 Å². The van der Waals surface area contributed by atoms with Gasteiger partial charge >= 0.3 is 5.97 Å². The van der Waals surface area contributed by atoms with Crippen molar-refractivity contribution in [2.45, 2.75) is 66.3 Å². The molecule has 0 radical (unpaired) electrons. The Morgan fingerprint density at radius 1 is 1.18 bits per heavy atom. The Hall–Kier alpha value is -3.89. The minimum atomic E-state index is -1.05. The van der Waals surface area contributed by atoms with E-state index in [1.807, 2.05) is 0 Å². The largest absolute Gasteiger partial charge is 0.496 e. The molecule has 1 aromatic carbocycles. The number of rotatable bonds is 10. The number of Topliss-reactive ketones (excluding diaryl/α,β-unsaturated/α-hetero) is 1. The number of H-pyrrole nitrogens is 1. The molecule has 2 heterocycles. The van der Waals surface area contributed by atoms with Crippen molar-refractivity contribution >= 4 is 40.4 Å². The second-order valence-corrected chi connectivity index (χ2v) is 10.8. The Morgan fingerprint density at radius 3 is 2.50 bits per heavy atom. The molecule has 0 saturated carbocycles. The van der Waals surface area contributed by atoms with Crippen molar-refractivity contribution < 1.29 is 37.7 Å². The Labute approximate surface area is 239 Å². The zero-order chi connectivity index (χ0) is 29.9. The van der Waals surface area contributed by atoms with Gasteiger partial charge in [0.25, 0.3) is 5.91 Å². The van der Waals surface area contributed by atoms with Gasteiger partial charge in [0.05, 0.1) is 25.1 Å². The van der Waals surface area contributed by atoms with E-state index in [1.54, 1.807) is 45.0 Å². The molecule has 11 nitrogen and oxygen atoms in total. The van der Waals surface area contributed by atoms with Gasteiger partial charge in [-0.15, -0.1) is 0 Å². The van der Waals surface area contributed by atoms with Crippen LogP contribution in [0.25, 0.3) is 10.9 Å². The summed E-state index contributed by atoms with van der Waals surface area (Å²) in [6.45, 7) is 8.88. The summed E-state index contributed by atoms with van der Waals surface area (Å²) >= 11 is 0. The molecule has 226 valence electrons. The van der Waals surface area contributed by atoms with Gasteiger partial charge in [-0.3, -0.25) is 24.0 Å². The molecule has 1 aliphatic rings. The third-order valence-corrected chi connectivity index (χ3v) is 6.10. The van der Waals surface area contributed by atoms with E-state index < -0.39 is 54.1 Å². The number of esters is 1. The molecule has 0 unspecified atom stereocenters. The standard InChI is InChI=1S/C26H34N4O7.C3H8.3H2/c1-26(2,3)25(35)37-14-20(31)18(11-15-7-6-10-27-23(15)33)30-22(32)13-28-24(34)19-12-16-17(29-19)8-5-9-21(16)36-4;1-3-2;;;/h5,8-9,12,15,18,29H,6-7,10-11,13-14H2,1-4H3,(H,27,33)(H,28,34)(H,30,32);3H2,1-2H3;3*1H/t15-,18-;;;;/m0..../s1. The lowest BCUT2D eigenvalue weighted by Crippen LogP contribution is -2.49. The van der Waals surface area contributed by atoms with Gasteiger partial charge in [-0.05, 0) is 58.2 Å². The average molecular weight is 565 g/mol. The molecule has 1 saturated heterocycles. The van der Waals surface area contributed by atoms with Gasteiger partial charge < -0.3 is 30.4 Å². The second-order valence-electron chi connectivity index (χ2n) is 10.8. The molecule has 2 atom stereocenters. The van der Waals surface area contributed by atoms with Gasteiger partial charge in [0.2, 0.25) is 11.8 Å². The first kappa shape index (κ1) is 32.3. The molecule has 2 aromatic rings. The predicted octanol–water partition coefficient (Wildman–Crippen LogP) is 3.62. The third kappa shape index (κ3) is 9.39. The maximum Gasteiger partial charge on any atom is 0.311 e. The minimum Gasteiger partial charge on any atom is -0.496 e. The molecular weight excluding hydrogens is 516 g/mol. The number of amides is 3. The van der Waals surface area contributed by atoms with Crippen LogP contribution in [0.4, 0.5) is 0 Å². The van der Waals surface area contributed by atoms with Crippen LogP contribution in [0.15, 0.2) is 24.3 Å². The van der Waals surface area contributed by atoms with Crippen LogP contribution in [0, 0.1) is 11.3 Å². The maximum absolute atomic E-state index is 12.9. The number of hydrogen-bond donors (Lipinski definition) is 4. The summed E-state index contributed by atoms with van der Waals surface area (Å²) in [5.74, 6) is -2.25. The van der Waals surface area contributed by atoms with Gasteiger partial charge in [-0.1, -0.05) is 26.3 Å². The monoisotopic (exact) mass is 564 g/mol. The van der Waals surface area contributed by atoms with E-state index in [9.17, 15) is 24.0 Å². The fourth-order valence-electron chi connectivity index (χ4n) is 4.00. The Morgan fingerprint density at radius 2 is 1.88 bits per heavy atom. The lowest BCUT2D eigenvalue weighted by atomic mass is 9.90. The summed E-state index contributed by atoms with van der Waals surface area (Å²) in [5, 5.41) is 8.60. The number of methoxy groups -OCH3 is 1. The molecule has 0 aliphatic carbocycles. The van der Waals surface area contributed by atoms with E-state index in [0.29, 0.717) is 24.2 Å². The zero-order valence-corrected chi connectivity index (χ0v) is 24.3. The zero-order valence-electron chi connectivity index (χ0n) is 24.3. The van der Waals surface area contributed by atoms with Crippen LogP contribution in [-0.4, -0.2) is 67.3 Å². The lowest BCUT2D eigenvalue weighted by molar-refractivity contribution is -0.156. The van der Waals surface area contributed by atoms with Crippen molar-refractivity contribution in [2.24, 2.45) is 11.3 Å². The Kier molecular flexibility index (Phi) is 12.2. The quantitative estimate of drug-likeness (QED) is 0.321. The molecule has 1 aromatic heterocycles. The number of carbonyl (C=O) groups excluding carboxylic acids is 5. The molecule has 3 rings (SSSR count). The van der Waals surface area contributed by atoms with Crippen LogP contribution >= 0.6 is 0 Å². The molecule has 1 fully saturated rings.